The van der Waals surface area contributed by atoms with Crippen molar-refractivity contribution in [3.63, 3.8) is 0 Å². The maximum atomic E-state index is 12.4. The Morgan fingerprint density at radius 3 is 2.29 bits per heavy atom. The van der Waals surface area contributed by atoms with Gasteiger partial charge in [-0.1, -0.05) is 0 Å². The number of nitrogens with one attached hydrogen (secondary N) is 1. The summed E-state index contributed by atoms with van der Waals surface area (Å²) in [5.41, 5.74) is 5.27. The van der Waals surface area contributed by atoms with Crippen LogP contribution in [0.4, 0.5) is 13.2 Å². The van der Waals surface area contributed by atoms with E-state index in [-0.39, 0.29) is 24.8 Å². The number of amides is 1. The van der Waals surface area contributed by atoms with Crippen LogP contribution in [0.5, 0.6) is 0 Å². The molecule has 1 aliphatic carbocycles. The van der Waals surface area contributed by atoms with E-state index in [0.717, 1.165) is 0 Å². The van der Waals surface area contributed by atoms with E-state index in [1.165, 1.54) is 0 Å². The van der Waals surface area contributed by atoms with E-state index in [4.69, 9.17) is 5.73 Å². The summed E-state index contributed by atoms with van der Waals surface area (Å²) in [4.78, 5) is 11.4. The molecule has 17 heavy (non-hydrogen) atoms. The van der Waals surface area contributed by atoms with Gasteiger partial charge in [0.1, 0.15) is 0 Å². The van der Waals surface area contributed by atoms with E-state index in [0.29, 0.717) is 32.2 Å². The molecular formula is C11H19F3N2O. The topological polar surface area (TPSA) is 55.1 Å². The minimum absolute atomic E-state index is 0.0983. The van der Waals surface area contributed by atoms with Crippen LogP contribution in [0.1, 0.15) is 38.5 Å². The number of hydrogen-bond donors (Lipinski definition) is 2. The van der Waals surface area contributed by atoms with Crippen LogP contribution in [0.3, 0.4) is 0 Å². The van der Waals surface area contributed by atoms with Gasteiger partial charge in [-0.25, -0.2) is 0 Å². The van der Waals surface area contributed by atoms with Gasteiger partial charge in [-0.3, -0.25) is 4.79 Å². The second-order valence-corrected chi connectivity index (χ2v) is 4.55. The molecule has 0 unspecified atom stereocenters. The smallest absolute Gasteiger partial charge is 0.353 e. The van der Waals surface area contributed by atoms with Crippen LogP contribution < -0.4 is 11.1 Å². The zero-order valence-electron chi connectivity index (χ0n) is 9.72. The van der Waals surface area contributed by atoms with Gasteiger partial charge in [0.2, 0.25) is 5.91 Å². The summed E-state index contributed by atoms with van der Waals surface area (Å²) in [5.74, 6) is -1.30. The molecule has 0 aliphatic heterocycles. The normalized spacial score (nSPS) is 25.6. The van der Waals surface area contributed by atoms with E-state index in [2.05, 4.69) is 5.32 Å². The highest BCUT2D eigenvalue weighted by Gasteiger charge is 2.41. The third-order valence-corrected chi connectivity index (χ3v) is 3.16. The number of hydrogen-bond acceptors (Lipinski definition) is 2. The second kappa shape index (κ2) is 6.23. The minimum Gasteiger partial charge on any atom is -0.353 e. The molecule has 0 atom stereocenters. The Kier molecular flexibility index (Phi) is 5.24. The summed E-state index contributed by atoms with van der Waals surface area (Å²) in [7, 11) is 0. The van der Waals surface area contributed by atoms with Crippen molar-refractivity contribution in [2.24, 2.45) is 11.7 Å². The van der Waals surface area contributed by atoms with Gasteiger partial charge in [-0.15, -0.1) is 0 Å². The number of nitrogens with two attached hydrogens (primary N) is 1. The lowest BCUT2D eigenvalue weighted by Crippen LogP contribution is -2.40. The molecule has 100 valence electrons. The largest absolute Gasteiger partial charge is 0.391 e. The van der Waals surface area contributed by atoms with Gasteiger partial charge in [-0.2, -0.15) is 13.2 Å². The fraction of sp³-hybridized carbons (Fsp3) is 0.909. The first-order chi connectivity index (χ1) is 7.93. The minimum atomic E-state index is -4.09. The SMILES string of the molecule is NCCCC(=O)NC1CCC(C(F)(F)F)CC1. The standard InChI is InChI=1S/C11H19F3N2O/c12-11(13,14)8-3-5-9(6-4-8)16-10(17)2-1-7-15/h8-9H,1-7,15H2,(H,16,17). The van der Waals surface area contributed by atoms with Crippen LogP contribution in [-0.4, -0.2) is 24.7 Å². The van der Waals surface area contributed by atoms with Crippen LogP contribution in [0, 0.1) is 5.92 Å². The lowest BCUT2D eigenvalue weighted by molar-refractivity contribution is -0.182. The predicted molar refractivity (Wildman–Crippen MR) is 58.2 cm³/mol. The highest BCUT2D eigenvalue weighted by Crippen LogP contribution is 2.37. The predicted octanol–water partition coefficient (Wildman–Crippen LogP) is 1.96. The fourth-order valence-corrected chi connectivity index (χ4v) is 2.13. The van der Waals surface area contributed by atoms with Crippen molar-refractivity contribution < 1.29 is 18.0 Å². The third-order valence-electron chi connectivity index (χ3n) is 3.16. The molecule has 0 aromatic heterocycles. The lowest BCUT2D eigenvalue weighted by Gasteiger charge is -2.30. The Hall–Kier alpha value is -0.780. The molecule has 0 aromatic rings. The zero-order chi connectivity index (χ0) is 12.9. The summed E-state index contributed by atoms with van der Waals surface area (Å²) < 4.78 is 37.2. The number of rotatable bonds is 4. The van der Waals surface area contributed by atoms with Crippen molar-refractivity contribution in [2.75, 3.05) is 6.54 Å². The first-order valence-electron chi connectivity index (χ1n) is 5.99. The van der Waals surface area contributed by atoms with Crippen LogP contribution in [0.2, 0.25) is 0 Å². The summed E-state index contributed by atoms with van der Waals surface area (Å²) in [6.45, 7) is 0.453. The Balaban J connectivity index is 2.25. The quantitative estimate of drug-likeness (QED) is 0.803. The first-order valence-corrected chi connectivity index (χ1v) is 5.99. The number of alkyl halides is 3. The van der Waals surface area contributed by atoms with Gasteiger partial charge in [0, 0.05) is 12.5 Å². The highest BCUT2D eigenvalue weighted by atomic mass is 19.4. The number of halogens is 3. The lowest BCUT2D eigenvalue weighted by atomic mass is 9.85. The molecule has 0 radical (unpaired) electrons. The monoisotopic (exact) mass is 252 g/mol. The molecule has 3 N–H and O–H groups in total. The van der Waals surface area contributed by atoms with Crippen LogP contribution >= 0.6 is 0 Å². The Morgan fingerprint density at radius 1 is 1.24 bits per heavy atom. The van der Waals surface area contributed by atoms with Crippen molar-refractivity contribution >= 4 is 5.91 Å². The average molecular weight is 252 g/mol. The molecule has 1 amide bonds. The van der Waals surface area contributed by atoms with Crippen LogP contribution in [0.25, 0.3) is 0 Å². The van der Waals surface area contributed by atoms with E-state index >= 15 is 0 Å². The molecule has 1 saturated carbocycles. The van der Waals surface area contributed by atoms with Gasteiger partial charge in [0.05, 0.1) is 5.92 Å². The number of carbonyl (C=O) groups excluding carboxylic acids is 1. The third kappa shape index (κ3) is 4.93. The van der Waals surface area contributed by atoms with Crippen LogP contribution in [0.15, 0.2) is 0 Å². The van der Waals surface area contributed by atoms with Crippen LogP contribution in [-0.2, 0) is 4.79 Å². The zero-order valence-corrected chi connectivity index (χ0v) is 9.72. The van der Waals surface area contributed by atoms with Crippen molar-refractivity contribution in [3.05, 3.63) is 0 Å². The molecule has 0 spiro atoms. The van der Waals surface area contributed by atoms with Crippen molar-refractivity contribution in [3.8, 4) is 0 Å². The molecule has 6 heteroatoms. The maximum absolute atomic E-state index is 12.4. The maximum Gasteiger partial charge on any atom is 0.391 e. The summed E-state index contributed by atoms with van der Waals surface area (Å²) in [6.07, 6.45) is -2.05. The molecule has 0 bridgehead atoms. The molecule has 1 fully saturated rings. The summed E-state index contributed by atoms with van der Waals surface area (Å²) in [5, 5.41) is 2.76. The average Bonchev–Trinajstić information content (AvgIpc) is 2.26. The molecule has 0 heterocycles. The number of carbonyl (C=O) groups is 1. The summed E-state index contributed by atoms with van der Waals surface area (Å²) in [6, 6.07) is -0.0983. The van der Waals surface area contributed by atoms with Crippen molar-refractivity contribution in [1.82, 2.24) is 5.32 Å². The highest BCUT2D eigenvalue weighted by molar-refractivity contribution is 5.76. The molecule has 3 nitrogen and oxygen atoms in total. The molecular weight excluding hydrogens is 233 g/mol. The van der Waals surface area contributed by atoms with Crippen molar-refractivity contribution in [2.45, 2.75) is 50.7 Å². The molecule has 0 saturated heterocycles. The van der Waals surface area contributed by atoms with E-state index in [1.54, 1.807) is 0 Å². The van der Waals surface area contributed by atoms with Gasteiger partial charge >= 0.3 is 6.18 Å². The van der Waals surface area contributed by atoms with Gasteiger partial charge in [0.25, 0.3) is 0 Å². The van der Waals surface area contributed by atoms with E-state index < -0.39 is 12.1 Å². The van der Waals surface area contributed by atoms with Crippen molar-refractivity contribution in [1.29, 1.82) is 0 Å². The Bertz CT molecular complexity index is 248. The molecule has 1 aliphatic rings. The second-order valence-electron chi connectivity index (χ2n) is 4.55. The van der Waals surface area contributed by atoms with Gasteiger partial charge in [0.15, 0.2) is 0 Å². The Labute approximate surface area is 98.9 Å². The van der Waals surface area contributed by atoms with Gasteiger partial charge in [-0.05, 0) is 38.6 Å². The van der Waals surface area contributed by atoms with E-state index in [1.807, 2.05) is 0 Å². The van der Waals surface area contributed by atoms with Gasteiger partial charge < -0.3 is 11.1 Å². The van der Waals surface area contributed by atoms with E-state index in [9.17, 15) is 18.0 Å². The first kappa shape index (κ1) is 14.3. The molecule has 0 aromatic carbocycles. The summed E-state index contributed by atoms with van der Waals surface area (Å²) >= 11 is 0. The molecule has 1 rings (SSSR count). The Morgan fingerprint density at radius 2 is 1.82 bits per heavy atom. The fourth-order valence-electron chi connectivity index (χ4n) is 2.13.